The smallest absolute Gasteiger partial charge is 0.276 e. The van der Waals surface area contributed by atoms with Gasteiger partial charge < -0.3 is 15.0 Å². The fourth-order valence-electron chi connectivity index (χ4n) is 4.38. The minimum atomic E-state index is -0.390. The van der Waals surface area contributed by atoms with Gasteiger partial charge in [0.2, 0.25) is 0 Å². The molecule has 1 fully saturated rings. The van der Waals surface area contributed by atoms with E-state index in [1.165, 1.54) is 36.1 Å². The number of rotatable bonds is 7. The molecule has 0 saturated carbocycles. The van der Waals surface area contributed by atoms with Crippen LogP contribution in [0.5, 0.6) is 5.75 Å². The van der Waals surface area contributed by atoms with Gasteiger partial charge in [0.1, 0.15) is 18.1 Å². The van der Waals surface area contributed by atoms with E-state index in [-0.39, 0.29) is 24.4 Å². The molecule has 0 aliphatic carbocycles. The summed E-state index contributed by atoms with van der Waals surface area (Å²) in [6.07, 6.45) is 7.17. The highest BCUT2D eigenvalue weighted by molar-refractivity contribution is 6.10. The Labute approximate surface area is 203 Å². The molecular weight excluding hydrogens is 442 g/mol. The average molecular weight is 470 g/mol. The topological polar surface area (TPSA) is 89.4 Å². The molecule has 1 saturated heterocycles. The zero-order chi connectivity index (χ0) is 24.0. The largest absolute Gasteiger partial charge is 0.492 e. The van der Waals surface area contributed by atoms with Gasteiger partial charge >= 0.3 is 0 Å². The standard InChI is InChI=1S/C27H27N5O3/c33-26-12-10-24(30-32(26)17-18-35-20-7-3-1-4-8-20)27(34)29-23-9-11-25(31-15-5-2-6-16-31)21-13-14-28-19-22(21)23/h1,3-4,7-14,19H,2,5-6,15-18H2,(H,29,34). The molecule has 1 aliphatic rings. The average Bonchev–Trinajstić information content (AvgIpc) is 2.91. The van der Waals surface area contributed by atoms with Crippen LogP contribution in [0.2, 0.25) is 0 Å². The van der Waals surface area contributed by atoms with Crippen LogP contribution in [-0.4, -0.2) is 40.4 Å². The molecule has 0 radical (unpaired) electrons. The molecule has 4 aromatic rings. The predicted molar refractivity (Wildman–Crippen MR) is 136 cm³/mol. The first-order chi connectivity index (χ1) is 17.2. The summed E-state index contributed by atoms with van der Waals surface area (Å²) in [4.78, 5) is 32.0. The molecule has 3 heterocycles. The Hall–Kier alpha value is -4.20. The third-order valence-corrected chi connectivity index (χ3v) is 6.15. The quantitative estimate of drug-likeness (QED) is 0.438. The second-order valence-corrected chi connectivity index (χ2v) is 8.50. The van der Waals surface area contributed by atoms with Gasteiger partial charge in [0.05, 0.1) is 12.2 Å². The first-order valence-corrected chi connectivity index (χ1v) is 11.9. The first kappa shape index (κ1) is 22.6. The monoisotopic (exact) mass is 469 g/mol. The Morgan fingerprint density at radius 3 is 2.60 bits per heavy atom. The second-order valence-electron chi connectivity index (χ2n) is 8.50. The number of nitrogens with zero attached hydrogens (tertiary/aromatic N) is 4. The molecule has 1 N–H and O–H groups in total. The number of anilines is 2. The van der Waals surface area contributed by atoms with E-state index in [1.807, 2.05) is 42.5 Å². The van der Waals surface area contributed by atoms with Crippen LogP contribution >= 0.6 is 0 Å². The number of aromatic nitrogens is 3. The maximum absolute atomic E-state index is 13.1. The lowest BCUT2D eigenvalue weighted by Crippen LogP contribution is -2.29. The number of carbonyl (C=O) groups excluding carboxylic acids is 1. The number of para-hydroxylation sites is 1. The van der Waals surface area contributed by atoms with Crippen LogP contribution in [0.3, 0.4) is 0 Å². The van der Waals surface area contributed by atoms with E-state index in [4.69, 9.17) is 4.74 Å². The van der Waals surface area contributed by atoms with Crippen LogP contribution in [0, 0.1) is 0 Å². The number of hydrogen-bond acceptors (Lipinski definition) is 6. The van der Waals surface area contributed by atoms with Gasteiger partial charge in [0, 0.05) is 48.0 Å². The number of piperidine rings is 1. The van der Waals surface area contributed by atoms with Crippen LogP contribution < -0.4 is 20.5 Å². The third kappa shape index (κ3) is 5.16. The molecule has 5 rings (SSSR count). The molecule has 0 spiro atoms. The molecule has 35 heavy (non-hydrogen) atoms. The van der Waals surface area contributed by atoms with Gasteiger partial charge in [0.25, 0.3) is 11.5 Å². The summed E-state index contributed by atoms with van der Waals surface area (Å²) in [5, 5.41) is 9.13. The lowest BCUT2D eigenvalue weighted by atomic mass is 10.0. The van der Waals surface area contributed by atoms with Crippen molar-refractivity contribution in [1.82, 2.24) is 14.8 Å². The number of ether oxygens (including phenoxy) is 1. The number of hydrogen-bond donors (Lipinski definition) is 1. The van der Waals surface area contributed by atoms with E-state index in [2.05, 4.69) is 26.4 Å². The lowest BCUT2D eigenvalue weighted by molar-refractivity contribution is 0.101. The maximum Gasteiger partial charge on any atom is 0.276 e. The summed E-state index contributed by atoms with van der Waals surface area (Å²) in [5.74, 6) is 0.321. The zero-order valence-corrected chi connectivity index (χ0v) is 19.4. The van der Waals surface area contributed by atoms with Crippen molar-refractivity contribution in [2.75, 3.05) is 29.9 Å². The van der Waals surface area contributed by atoms with Gasteiger partial charge in [0.15, 0.2) is 0 Å². The van der Waals surface area contributed by atoms with E-state index in [0.29, 0.717) is 11.4 Å². The van der Waals surface area contributed by atoms with Gasteiger partial charge in [-0.25, -0.2) is 4.68 Å². The second kappa shape index (κ2) is 10.4. The van der Waals surface area contributed by atoms with Gasteiger partial charge in [-0.1, -0.05) is 18.2 Å². The van der Waals surface area contributed by atoms with Crippen molar-refractivity contribution in [3.05, 3.63) is 89.1 Å². The summed E-state index contributed by atoms with van der Waals surface area (Å²) in [5.41, 5.74) is 1.68. The van der Waals surface area contributed by atoms with Crippen molar-refractivity contribution in [3.8, 4) is 5.75 Å². The fourth-order valence-corrected chi connectivity index (χ4v) is 4.38. The molecule has 1 aliphatic heterocycles. The number of fused-ring (bicyclic) bond motifs is 1. The molecule has 0 unspecified atom stereocenters. The predicted octanol–water partition coefficient (Wildman–Crippen LogP) is 4.11. The van der Waals surface area contributed by atoms with Crippen molar-refractivity contribution >= 4 is 28.1 Å². The molecule has 1 amide bonds. The highest BCUT2D eigenvalue weighted by atomic mass is 16.5. The van der Waals surface area contributed by atoms with Gasteiger partial charge in [-0.3, -0.25) is 14.6 Å². The van der Waals surface area contributed by atoms with E-state index >= 15 is 0 Å². The minimum Gasteiger partial charge on any atom is -0.492 e. The van der Waals surface area contributed by atoms with Crippen molar-refractivity contribution in [2.45, 2.75) is 25.8 Å². The van der Waals surface area contributed by atoms with Crippen LogP contribution in [-0.2, 0) is 6.54 Å². The Balaban J connectivity index is 1.33. The number of amides is 1. The number of carbonyl (C=O) groups is 1. The Bertz CT molecular complexity index is 1380. The summed E-state index contributed by atoms with van der Waals surface area (Å²) in [6.45, 7) is 2.55. The van der Waals surface area contributed by atoms with Crippen molar-refractivity contribution in [1.29, 1.82) is 0 Å². The maximum atomic E-state index is 13.1. The fraction of sp³-hybridized carbons (Fsp3) is 0.259. The molecule has 0 atom stereocenters. The number of benzene rings is 2. The number of nitrogens with one attached hydrogen (secondary N) is 1. The number of pyridine rings is 1. The highest BCUT2D eigenvalue weighted by Crippen LogP contribution is 2.33. The molecule has 2 aromatic heterocycles. The van der Waals surface area contributed by atoms with E-state index in [1.54, 1.807) is 12.4 Å². The Morgan fingerprint density at radius 2 is 1.77 bits per heavy atom. The first-order valence-electron chi connectivity index (χ1n) is 11.9. The lowest BCUT2D eigenvalue weighted by Gasteiger charge is -2.30. The molecule has 178 valence electrons. The summed E-state index contributed by atoms with van der Waals surface area (Å²) >= 11 is 0. The van der Waals surface area contributed by atoms with Crippen molar-refractivity contribution in [3.63, 3.8) is 0 Å². The third-order valence-electron chi connectivity index (χ3n) is 6.15. The molecule has 8 heteroatoms. The summed E-state index contributed by atoms with van der Waals surface area (Å²) in [6, 6.07) is 18.1. The molecule has 2 aromatic carbocycles. The van der Waals surface area contributed by atoms with Gasteiger partial charge in [-0.05, 0) is 55.7 Å². The van der Waals surface area contributed by atoms with E-state index < -0.39 is 5.91 Å². The SMILES string of the molecule is O=C(Nc1ccc(N2CCCCC2)c2ccncc12)c1ccc(=O)n(CCOc2ccccc2)n1. The molecule has 0 bridgehead atoms. The highest BCUT2D eigenvalue weighted by Gasteiger charge is 2.17. The Kier molecular flexibility index (Phi) is 6.70. The van der Waals surface area contributed by atoms with E-state index in [9.17, 15) is 9.59 Å². The normalized spacial score (nSPS) is 13.5. The van der Waals surface area contributed by atoms with Crippen LogP contribution in [0.25, 0.3) is 10.8 Å². The van der Waals surface area contributed by atoms with Crippen molar-refractivity contribution in [2.24, 2.45) is 0 Å². The minimum absolute atomic E-state index is 0.154. The zero-order valence-electron chi connectivity index (χ0n) is 19.4. The Morgan fingerprint density at radius 1 is 0.943 bits per heavy atom. The summed E-state index contributed by atoms with van der Waals surface area (Å²) in [7, 11) is 0. The van der Waals surface area contributed by atoms with E-state index in [0.717, 1.165) is 29.5 Å². The van der Waals surface area contributed by atoms with Crippen LogP contribution in [0.4, 0.5) is 11.4 Å². The van der Waals surface area contributed by atoms with Gasteiger partial charge in [-0.2, -0.15) is 5.10 Å². The van der Waals surface area contributed by atoms with Crippen LogP contribution in [0.1, 0.15) is 29.8 Å². The van der Waals surface area contributed by atoms with Crippen molar-refractivity contribution < 1.29 is 9.53 Å². The van der Waals surface area contributed by atoms with Crippen LogP contribution in [0.15, 0.2) is 77.9 Å². The summed E-state index contributed by atoms with van der Waals surface area (Å²) < 4.78 is 6.91. The van der Waals surface area contributed by atoms with Gasteiger partial charge in [-0.15, -0.1) is 0 Å². The molecule has 8 nitrogen and oxygen atoms in total. The molecular formula is C27H27N5O3.